The number of amides is 2. The minimum absolute atomic E-state index is 0.0136. The van der Waals surface area contributed by atoms with Crippen LogP contribution in [0.1, 0.15) is 25.8 Å². The molecule has 4 N–H and O–H groups in total. The number of primary amides is 1. The lowest BCUT2D eigenvalue weighted by Crippen LogP contribution is -2.54. The topological polar surface area (TPSA) is 152 Å². The molecule has 44 heavy (non-hydrogen) atoms. The summed E-state index contributed by atoms with van der Waals surface area (Å²) < 4.78 is 75.2. The Balaban J connectivity index is 1.82. The highest BCUT2D eigenvalue weighted by molar-refractivity contribution is 7.89. The molecule has 0 radical (unpaired) electrons. The lowest BCUT2D eigenvalue weighted by atomic mass is 10.0. The van der Waals surface area contributed by atoms with Crippen LogP contribution in [-0.2, 0) is 30.8 Å². The summed E-state index contributed by atoms with van der Waals surface area (Å²) in [7, 11) is -4.28. The maximum atomic E-state index is 13.6. The molecule has 1 fully saturated rings. The molecule has 2 amide bonds. The Hall–Kier alpha value is -3.24. The highest BCUT2D eigenvalue weighted by Gasteiger charge is 2.34. The Morgan fingerprint density at radius 2 is 1.75 bits per heavy atom. The molecule has 0 bridgehead atoms. The van der Waals surface area contributed by atoms with Crippen molar-refractivity contribution in [3.63, 3.8) is 0 Å². The number of benzene rings is 2. The first-order valence-electron chi connectivity index (χ1n) is 14.1. The van der Waals surface area contributed by atoms with Gasteiger partial charge in [0.1, 0.15) is 5.75 Å². The molecule has 244 valence electrons. The second-order valence-electron chi connectivity index (χ2n) is 11.1. The Labute approximate surface area is 255 Å². The van der Waals surface area contributed by atoms with Crippen molar-refractivity contribution in [2.45, 2.75) is 56.1 Å². The van der Waals surface area contributed by atoms with Crippen LogP contribution in [0.25, 0.3) is 0 Å². The normalized spacial score (nSPS) is 17.2. The number of carbonyl (C=O) groups excluding carboxylic acids is 2. The number of carbonyl (C=O) groups is 2. The van der Waals surface area contributed by atoms with Gasteiger partial charge in [-0.2, -0.15) is 4.31 Å². The van der Waals surface area contributed by atoms with Crippen molar-refractivity contribution in [2.24, 2.45) is 11.7 Å². The van der Waals surface area contributed by atoms with Crippen LogP contribution in [0.15, 0.2) is 59.5 Å². The minimum Gasteiger partial charge on any atom is -0.406 e. The van der Waals surface area contributed by atoms with Gasteiger partial charge in [-0.3, -0.25) is 14.5 Å². The average Bonchev–Trinajstić information content (AvgIpc) is 3.47. The molecule has 0 aromatic heterocycles. The third kappa shape index (κ3) is 11.0. The van der Waals surface area contributed by atoms with Gasteiger partial charge in [-0.25, -0.2) is 8.42 Å². The Morgan fingerprint density at radius 1 is 1.09 bits per heavy atom. The van der Waals surface area contributed by atoms with E-state index in [2.05, 4.69) is 10.1 Å². The minimum atomic E-state index is -4.94. The Bertz CT molecular complexity index is 1320. The number of ether oxygens (including phenoxy) is 2. The predicted molar refractivity (Wildman–Crippen MR) is 155 cm³/mol. The second kappa shape index (κ2) is 15.7. The number of alkyl halides is 3. The number of nitrogens with zero attached hydrogens (tertiary/aromatic N) is 2. The number of nitrogens with two attached hydrogens (primary N) is 1. The van der Waals surface area contributed by atoms with Crippen LogP contribution in [0.4, 0.5) is 13.2 Å². The van der Waals surface area contributed by atoms with Gasteiger partial charge in [-0.05, 0) is 48.6 Å². The number of rotatable bonds is 16. The van der Waals surface area contributed by atoms with E-state index in [1.54, 1.807) is 49.1 Å². The fraction of sp³-hybridized carbons (Fsp3) is 0.517. The molecule has 11 nitrogen and oxygen atoms in total. The van der Waals surface area contributed by atoms with E-state index in [1.165, 1.54) is 0 Å². The summed E-state index contributed by atoms with van der Waals surface area (Å²) in [5.41, 5.74) is 6.17. The number of hydrogen-bond donors (Lipinski definition) is 3. The zero-order valence-electron chi connectivity index (χ0n) is 24.6. The molecule has 3 rings (SSSR count). The van der Waals surface area contributed by atoms with E-state index >= 15 is 0 Å². The Morgan fingerprint density at radius 3 is 2.30 bits per heavy atom. The molecule has 2 aromatic carbocycles. The van der Waals surface area contributed by atoms with Crippen LogP contribution in [0.3, 0.4) is 0 Å². The number of halogens is 3. The molecule has 1 heterocycles. The maximum Gasteiger partial charge on any atom is 0.573 e. The summed E-state index contributed by atoms with van der Waals surface area (Å²) in [6.07, 6.45) is -5.55. The summed E-state index contributed by atoms with van der Waals surface area (Å²) in [4.78, 5) is 26.2. The molecule has 1 saturated heterocycles. The standard InChI is InChI=1S/C29H39F3N4O7S/c1-20(2)15-36(44(40,41)24-10-8-23(9-11-24)43-29(30,31)32)16-26(37)25(14-21-6-4-3-5-7-21)34-28(39)18-35(17-27(33)38)22-12-13-42-19-22/h3-11,20,22,25-26,37H,12-19H2,1-2H3,(H2,33,38)(H,34,39)/t22-,25-,26+/m0/s1. The molecule has 0 spiro atoms. The van der Waals surface area contributed by atoms with Gasteiger partial charge in [-0.15, -0.1) is 13.2 Å². The molecule has 2 aromatic rings. The third-order valence-corrected chi connectivity index (χ3v) is 8.74. The number of hydrogen-bond acceptors (Lipinski definition) is 8. The van der Waals surface area contributed by atoms with Gasteiger partial charge in [0.2, 0.25) is 21.8 Å². The zero-order chi connectivity index (χ0) is 32.5. The third-order valence-electron chi connectivity index (χ3n) is 6.89. The summed E-state index contributed by atoms with van der Waals surface area (Å²) >= 11 is 0. The predicted octanol–water partition coefficient (Wildman–Crippen LogP) is 1.90. The van der Waals surface area contributed by atoms with Gasteiger partial charge >= 0.3 is 6.36 Å². The number of nitrogens with one attached hydrogen (secondary N) is 1. The molecule has 1 aliphatic rings. The van der Waals surface area contributed by atoms with Gasteiger partial charge in [0.05, 0.1) is 36.7 Å². The lowest BCUT2D eigenvalue weighted by molar-refractivity contribution is -0.274. The lowest BCUT2D eigenvalue weighted by Gasteiger charge is -2.32. The van der Waals surface area contributed by atoms with Crippen LogP contribution in [-0.4, -0.2) is 98.5 Å². The van der Waals surface area contributed by atoms with E-state index in [4.69, 9.17) is 10.5 Å². The summed E-state index contributed by atoms with van der Waals surface area (Å²) in [6, 6.07) is 11.7. The summed E-state index contributed by atoms with van der Waals surface area (Å²) in [5, 5.41) is 14.2. The van der Waals surface area contributed by atoms with E-state index in [9.17, 15) is 36.3 Å². The quantitative estimate of drug-likeness (QED) is 0.251. The summed E-state index contributed by atoms with van der Waals surface area (Å²) in [6.45, 7) is 3.57. The first-order valence-corrected chi connectivity index (χ1v) is 15.6. The van der Waals surface area contributed by atoms with E-state index < -0.39 is 52.6 Å². The molecule has 3 atom stereocenters. The van der Waals surface area contributed by atoms with Crippen LogP contribution >= 0.6 is 0 Å². The van der Waals surface area contributed by atoms with Crippen molar-refractivity contribution in [3.05, 3.63) is 60.2 Å². The first kappa shape index (κ1) is 35.2. The van der Waals surface area contributed by atoms with Gasteiger partial charge < -0.3 is 25.6 Å². The van der Waals surface area contributed by atoms with Crippen LogP contribution in [0, 0.1) is 5.92 Å². The zero-order valence-corrected chi connectivity index (χ0v) is 25.4. The maximum absolute atomic E-state index is 13.6. The fourth-order valence-corrected chi connectivity index (χ4v) is 6.51. The molecular weight excluding hydrogens is 605 g/mol. The number of aliphatic hydroxyl groups excluding tert-OH is 1. The van der Waals surface area contributed by atoms with Gasteiger partial charge in [0.25, 0.3) is 0 Å². The van der Waals surface area contributed by atoms with E-state index in [1.807, 2.05) is 0 Å². The van der Waals surface area contributed by atoms with Crippen molar-refractivity contribution in [1.82, 2.24) is 14.5 Å². The van der Waals surface area contributed by atoms with E-state index in [0.29, 0.717) is 19.6 Å². The van der Waals surface area contributed by atoms with Gasteiger partial charge in [0.15, 0.2) is 0 Å². The first-order chi connectivity index (χ1) is 20.6. The van der Waals surface area contributed by atoms with Crippen LogP contribution in [0.5, 0.6) is 5.75 Å². The molecule has 0 saturated carbocycles. The smallest absolute Gasteiger partial charge is 0.406 e. The van der Waals surface area contributed by atoms with Crippen molar-refractivity contribution >= 4 is 21.8 Å². The van der Waals surface area contributed by atoms with Crippen LogP contribution < -0.4 is 15.8 Å². The number of sulfonamides is 1. The summed E-state index contributed by atoms with van der Waals surface area (Å²) in [5.74, 6) is -1.87. The number of aliphatic hydroxyl groups is 1. The van der Waals surface area contributed by atoms with E-state index in [-0.39, 0.29) is 42.9 Å². The molecule has 0 aliphatic carbocycles. The van der Waals surface area contributed by atoms with Crippen LogP contribution in [0.2, 0.25) is 0 Å². The molecular formula is C29H39F3N4O7S. The van der Waals surface area contributed by atoms with E-state index in [0.717, 1.165) is 34.1 Å². The average molecular weight is 645 g/mol. The monoisotopic (exact) mass is 644 g/mol. The van der Waals surface area contributed by atoms with Crippen molar-refractivity contribution in [1.29, 1.82) is 0 Å². The molecule has 15 heteroatoms. The van der Waals surface area contributed by atoms with Crippen molar-refractivity contribution in [2.75, 3.05) is 39.4 Å². The molecule has 1 aliphatic heterocycles. The van der Waals surface area contributed by atoms with Gasteiger partial charge in [0, 0.05) is 25.7 Å². The fourth-order valence-electron chi connectivity index (χ4n) is 4.89. The van der Waals surface area contributed by atoms with Crippen molar-refractivity contribution in [3.8, 4) is 5.75 Å². The highest BCUT2D eigenvalue weighted by Crippen LogP contribution is 2.26. The second-order valence-corrected chi connectivity index (χ2v) is 13.0. The van der Waals surface area contributed by atoms with Gasteiger partial charge in [-0.1, -0.05) is 44.2 Å². The SMILES string of the molecule is CC(C)CN(C[C@@H](O)[C@H](Cc1ccccc1)NC(=O)CN(CC(N)=O)[C@H]1CCOC1)S(=O)(=O)c1ccc(OC(F)(F)F)cc1. The van der Waals surface area contributed by atoms with Crippen molar-refractivity contribution < 1.29 is 45.8 Å². The Kier molecular flexibility index (Phi) is 12.5. The highest BCUT2D eigenvalue weighted by atomic mass is 32.2. The molecule has 0 unspecified atom stereocenters. The largest absolute Gasteiger partial charge is 0.573 e.